The Bertz CT molecular complexity index is 623. The molecule has 0 saturated carbocycles. The van der Waals surface area contributed by atoms with E-state index < -0.39 is 0 Å². The fourth-order valence-corrected chi connectivity index (χ4v) is 2.71. The maximum absolute atomic E-state index is 5.56. The largest absolute Gasteiger partial charge is 0.404 e. The monoisotopic (exact) mass is 265 g/mol. The Morgan fingerprint density at radius 3 is 3.00 bits per heavy atom. The maximum Gasteiger partial charge on any atom is 0.101 e. The third-order valence-corrected chi connectivity index (χ3v) is 3.63. The number of allylic oxidation sites excluding steroid dienone is 6. The summed E-state index contributed by atoms with van der Waals surface area (Å²) < 4.78 is 0. The molecule has 0 radical (unpaired) electrons. The van der Waals surface area contributed by atoms with E-state index in [1.54, 1.807) is 6.20 Å². The lowest BCUT2D eigenvalue weighted by atomic mass is 10.1. The van der Waals surface area contributed by atoms with Crippen LogP contribution >= 0.6 is 0 Å². The van der Waals surface area contributed by atoms with Gasteiger partial charge >= 0.3 is 0 Å². The molecule has 102 valence electrons. The van der Waals surface area contributed by atoms with Gasteiger partial charge in [-0.3, -0.25) is 0 Å². The second-order valence-electron chi connectivity index (χ2n) is 5.00. The van der Waals surface area contributed by atoms with Crippen LogP contribution in [0, 0.1) is 0 Å². The van der Waals surface area contributed by atoms with Gasteiger partial charge < -0.3 is 16.0 Å². The summed E-state index contributed by atoms with van der Waals surface area (Å²) in [5, 5.41) is 3.51. The minimum absolute atomic E-state index is 0.268. The highest BCUT2D eigenvalue weighted by Gasteiger charge is 2.26. The van der Waals surface area contributed by atoms with E-state index in [2.05, 4.69) is 65.7 Å². The predicted molar refractivity (Wildman–Crippen MR) is 85.3 cm³/mol. The van der Waals surface area contributed by atoms with Crippen molar-refractivity contribution in [3.63, 3.8) is 0 Å². The van der Waals surface area contributed by atoms with Crippen molar-refractivity contribution in [2.45, 2.75) is 19.5 Å². The van der Waals surface area contributed by atoms with Crippen LogP contribution in [0.25, 0.3) is 0 Å². The summed E-state index contributed by atoms with van der Waals surface area (Å²) in [7, 11) is 0. The number of benzene rings is 1. The molecule has 20 heavy (non-hydrogen) atoms. The average Bonchev–Trinajstić information content (AvgIpc) is 2.75. The van der Waals surface area contributed by atoms with Gasteiger partial charge in [-0.15, -0.1) is 0 Å². The smallest absolute Gasteiger partial charge is 0.101 e. The van der Waals surface area contributed by atoms with Crippen LogP contribution in [0.4, 0.5) is 11.4 Å². The summed E-state index contributed by atoms with van der Waals surface area (Å²) in [6, 6.07) is 8.42. The molecule has 2 aliphatic rings. The number of fused-ring (bicyclic) bond motifs is 1. The van der Waals surface area contributed by atoms with E-state index >= 15 is 0 Å². The van der Waals surface area contributed by atoms with Crippen molar-refractivity contribution < 1.29 is 0 Å². The highest BCUT2D eigenvalue weighted by atomic mass is 15.3. The molecule has 0 bridgehead atoms. The highest BCUT2D eigenvalue weighted by molar-refractivity contribution is 5.78. The number of anilines is 2. The van der Waals surface area contributed by atoms with Gasteiger partial charge in [0.25, 0.3) is 0 Å². The zero-order valence-electron chi connectivity index (χ0n) is 11.6. The number of para-hydroxylation sites is 2. The Morgan fingerprint density at radius 1 is 1.30 bits per heavy atom. The van der Waals surface area contributed by atoms with Crippen LogP contribution in [0.3, 0.4) is 0 Å². The van der Waals surface area contributed by atoms with Crippen molar-refractivity contribution in [3.05, 3.63) is 72.1 Å². The van der Waals surface area contributed by atoms with Crippen LogP contribution in [0.2, 0.25) is 0 Å². The van der Waals surface area contributed by atoms with E-state index in [-0.39, 0.29) is 6.17 Å². The average molecular weight is 265 g/mol. The van der Waals surface area contributed by atoms with Gasteiger partial charge in [0.1, 0.15) is 6.17 Å². The summed E-state index contributed by atoms with van der Waals surface area (Å²) in [4.78, 5) is 2.35. The van der Waals surface area contributed by atoms with Crippen LogP contribution in [0.15, 0.2) is 72.1 Å². The summed E-state index contributed by atoms with van der Waals surface area (Å²) in [6.45, 7) is 2.18. The molecule has 1 aromatic carbocycles. The number of hydrogen-bond acceptors (Lipinski definition) is 3. The molecule has 1 aliphatic heterocycles. The molecule has 3 nitrogen and oxygen atoms in total. The lowest BCUT2D eigenvalue weighted by molar-refractivity contribution is 0.789. The van der Waals surface area contributed by atoms with Gasteiger partial charge in [-0.2, -0.15) is 0 Å². The summed E-state index contributed by atoms with van der Waals surface area (Å²) in [6.07, 6.45) is 13.2. The van der Waals surface area contributed by atoms with Crippen LogP contribution in [0.5, 0.6) is 0 Å². The fourth-order valence-electron chi connectivity index (χ4n) is 2.71. The highest BCUT2D eigenvalue weighted by Crippen LogP contribution is 2.37. The number of nitrogens with zero attached hydrogens (tertiary/aromatic N) is 1. The Morgan fingerprint density at radius 2 is 2.15 bits per heavy atom. The number of nitrogens with one attached hydrogen (secondary N) is 1. The van der Waals surface area contributed by atoms with Gasteiger partial charge in [0.15, 0.2) is 0 Å². The molecule has 0 amide bonds. The molecule has 1 aromatic rings. The molecule has 1 heterocycles. The Balaban J connectivity index is 1.95. The van der Waals surface area contributed by atoms with Crippen LogP contribution in [0.1, 0.15) is 13.3 Å². The summed E-state index contributed by atoms with van der Waals surface area (Å²) >= 11 is 0. The van der Waals surface area contributed by atoms with Gasteiger partial charge in [-0.25, -0.2) is 0 Å². The van der Waals surface area contributed by atoms with Gasteiger partial charge in [0.05, 0.1) is 11.4 Å². The second-order valence-corrected chi connectivity index (χ2v) is 5.00. The van der Waals surface area contributed by atoms with E-state index in [9.17, 15) is 0 Å². The van der Waals surface area contributed by atoms with Gasteiger partial charge in [0.2, 0.25) is 0 Å². The van der Waals surface area contributed by atoms with E-state index in [0.29, 0.717) is 0 Å². The molecular weight excluding hydrogens is 246 g/mol. The predicted octanol–water partition coefficient (Wildman–Crippen LogP) is 3.51. The topological polar surface area (TPSA) is 41.3 Å². The standard InChI is InChI=1S/C17H19N3/c1-13-19-16-10-2-3-11-17(16)20(13)15-8-4-6-14(12-18)7-5-9-15/h2-8,10-13,19H,9,18H2,1H3/b6-4-,7-5-,14-12-,15-8+. The van der Waals surface area contributed by atoms with E-state index in [1.807, 2.05) is 6.08 Å². The number of hydrogen-bond donors (Lipinski definition) is 2. The molecule has 0 saturated heterocycles. The van der Waals surface area contributed by atoms with E-state index in [1.165, 1.54) is 17.1 Å². The minimum Gasteiger partial charge on any atom is -0.404 e. The third-order valence-electron chi connectivity index (χ3n) is 3.63. The lowest BCUT2D eigenvalue weighted by Crippen LogP contribution is -2.32. The Kier molecular flexibility index (Phi) is 3.33. The summed E-state index contributed by atoms with van der Waals surface area (Å²) in [5.74, 6) is 0. The van der Waals surface area contributed by atoms with E-state index in [0.717, 1.165) is 12.0 Å². The first-order valence-corrected chi connectivity index (χ1v) is 6.90. The molecule has 3 N–H and O–H groups in total. The van der Waals surface area contributed by atoms with E-state index in [4.69, 9.17) is 5.73 Å². The first kappa shape index (κ1) is 12.6. The third kappa shape index (κ3) is 2.23. The molecule has 1 unspecified atom stereocenters. The van der Waals surface area contributed by atoms with Crippen LogP contribution < -0.4 is 16.0 Å². The molecule has 3 heteroatoms. The normalized spacial score (nSPS) is 28.9. The zero-order valence-corrected chi connectivity index (χ0v) is 11.6. The molecule has 0 fully saturated rings. The molecule has 1 atom stereocenters. The van der Waals surface area contributed by atoms with Crippen molar-refractivity contribution in [1.29, 1.82) is 0 Å². The Labute approximate surface area is 119 Å². The molecule has 0 spiro atoms. The first-order chi connectivity index (χ1) is 9.79. The molecular formula is C17H19N3. The maximum atomic E-state index is 5.56. The van der Waals surface area contributed by atoms with Crippen LogP contribution in [-0.2, 0) is 0 Å². The molecule has 1 aliphatic carbocycles. The van der Waals surface area contributed by atoms with Gasteiger partial charge in [-0.1, -0.05) is 36.4 Å². The quantitative estimate of drug-likeness (QED) is 0.816. The Hall–Kier alpha value is -2.42. The van der Waals surface area contributed by atoms with Gasteiger partial charge in [0, 0.05) is 18.3 Å². The van der Waals surface area contributed by atoms with Crippen molar-refractivity contribution in [1.82, 2.24) is 0 Å². The molecule has 3 rings (SSSR count). The summed E-state index contributed by atoms with van der Waals surface area (Å²) in [5.41, 5.74) is 10.3. The van der Waals surface area contributed by atoms with Crippen LogP contribution in [-0.4, -0.2) is 6.17 Å². The van der Waals surface area contributed by atoms with Crippen molar-refractivity contribution in [2.24, 2.45) is 5.73 Å². The first-order valence-electron chi connectivity index (χ1n) is 6.90. The van der Waals surface area contributed by atoms with Crippen molar-refractivity contribution in [2.75, 3.05) is 10.2 Å². The zero-order chi connectivity index (χ0) is 13.9. The SMILES string of the molecule is CC1Nc2ccccc2N1/C1=C/C=C\C(=C\N)\C=C/C1. The number of nitrogens with two attached hydrogens (primary N) is 1. The minimum atomic E-state index is 0.268. The van der Waals surface area contributed by atoms with Gasteiger partial charge in [-0.05, 0) is 30.7 Å². The van der Waals surface area contributed by atoms with Crippen molar-refractivity contribution in [3.8, 4) is 0 Å². The van der Waals surface area contributed by atoms with Crippen molar-refractivity contribution >= 4 is 11.4 Å². The molecule has 0 aromatic heterocycles. The second kappa shape index (κ2) is 5.29. The number of rotatable bonds is 1. The fraction of sp³-hybridized carbons (Fsp3) is 0.176. The lowest BCUT2D eigenvalue weighted by Gasteiger charge is -2.26.